The first kappa shape index (κ1) is 12.5. The van der Waals surface area contributed by atoms with Crippen molar-refractivity contribution in [1.82, 2.24) is 4.98 Å². The number of hydrogen-bond acceptors (Lipinski definition) is 3. The highest BCUT2D eigenvalue weighted by Crippen LogP contribution is 2.27. The predicted octanol–water partition coefficient (Wildman–Crippen LogP) is 4.20. The number of hydrogen-bond donors (Lipinski definition) is 1. The molecule has 1 saturated heterocycles. The van der Waals surface area contributed by atoms with Gasteiger partial charge in [0.25, 0.3) is 0 Å². The van der Waals surface area contributed by atoms with Crippen LogP contribution in [0, 0.1) is 0 Å². The molecule has 0 amide bonds. The Morgan fingerprint density at radius 1 is 1.56 bits per heavy atom. The van der Waals surface area contributed by atoms with Crippen molar-refractivity contribution in [2.45, 2.75) is 24.5 Å². The second-order valence-corrected chi connectivity index (χ2v) is 6.55. The van der Waals surface area contributed by atoms with Gasteiger partial charge >= 0.3 is 0 Å². The van der Waals surface area contributed by atoms with Crippen LogP contribution in [0.15, 0.2) is 16.7 Å². The molecule has 1 unspecified atom stereocenters. The van der Waals surface area contributed by atoms with Crippen LogP contribution in [0.5, 0.6) is 0 Å². The Kier molecular flexibility index (Phi) is 4.79. The number of thioether (sulfide) groups is 1. The van der Waals surface area contributed by atoms with Crippen molar-refractivity contribution in [1.29, 1.82) is 0 Å². The fourth-order valence-corrected chi connectivity index (χ4v) is 3.74. The van der Waals surface area contributed by atoms with Crippen LogP contribution in [0.1, 0.15) is 19.3 Å². The summed E-state index contributed by atoms with van der Waals surface area (Å²) in [5.74, 6) is 2.18. The summed E-state index contributed by atoms with van der Waals surface area (Å²) in [6.07, 6.45) is 5.70. The average Bonchev–Trinajstić information content (AvgIpc) is 2.29. The van der Waals surface area contributed by atoms with Gasteiger partial charge in [0.05, 0.1) is 9.50 Å². The molecule has 5 heteroatoms. The molecule has 1 N–H and O–H groups in total. The van der Waals surface area contributed by atoms with Crippen molar-refractivity contribution in [2.75, 3.05) is 17.6 Å². The minimum absolute atomic E-state index is 0.657. The van der Waals surface area contributed by atoms with Crippen LogP contribution in [0.4, 0.5) is 5.82 Å². The van der Waals surface area contributed by atoms with E-state index in [1.165, 1.54) is 25.0 Å². The van der Waals surface area contributed by atoms with Gasteiger partial charge < -0.3 is 5.32 Å². The molecule has 0 bridgehead atoms. The summed E-state index contributed by atoms with van der Waals surface area (Å²) in [5, 5.41) is 4.75. The number of rotatable bonds is 3. The number of halogens is 2. The van der Waals surface area contributed by atoms with Gasteiger partial charge in [-0.1, -0.05) is 18.0 Å². The fourth-order valence-electron chi connectivity index (χ4n) is 1.72. The van der Waals surface area contributed by atoms with Crippen molar-refractivity contribution in [2.24, 2.45) is 0 Å². The Hall–Kier alpha value is 0.0700. The van der Waals surface area contributed by atoms with Gasteiger partial charge in [-0.15, -0.1) is 0 Å². The van der Waals surface area contributed by atoms with Gasteiger partial charge in [-0.2, -0.15) is 11.8 Å². The number of nitrogens with zero attached hydrogens (tertiary/aromatic N) is 1. The van der Waals surface area contributed by atoms with Crippen LogP contribution in [-0.4, -0.2) is 22.5 Å². The monoisotopic (exact) mass is 320 g/mol. The zero-order chi connectivity index (χ0) is 11.4. The molecule has 1 aromatic rings. The Morgan fingerprint density at radius 3 is 3.12 bits per heavy atom. The summed E-state index contributed by atoms with van der Waals surface area (Å²) in [6.45, 7) is 0.984. The van der Waals surface area contributed by atoms with E-state index in [2.05, 4.69) is 38.0 Å². The van der Waals surface area contributed by atoms with Crippen LogP contribution < -0.4 is 5.32 Å². The third-order valence-electron chi connectivity index (χ3n) is 2.58. The number of aromatic nitrogens is 1. The van der Waals surface area contributed by atoms with Crippen LogP contribution in [0.2, 0.25) is 5.02 Å². The minimum Gasteiger partial charge on any atom is -0.368 e. The molecule has 2 rings (SSSR count). The van der Waals surface area contributed by atoms with Crippen molar-refractivity contribution in [3.05, 3.63) is 21.8 Å². The minimum atomic E-state index is 0.657. The molecule has 1 atom stereocenters. The summed E-state index contributed by atoms with van der Waals surface area (Å²) in [6, 6.07) is 1.87. The van der Waals surface area contributed by atoms with E-state index in [-0.39, 0.29) is 0 Å². The summed E-state index contributed by atoms with van der Waals surface area (Å²) in [5.41, 5.74) is 0. The Bertz CT molecular complexity index is 356. The lowest BCUT2D eigenvalue weighted by Gasteiger charge is -2.21. The predicted molar refractivity (Wildman–Crippen MR) is 75.5 cm³/mol. The number of nitrogens with one attached hydrogen (secondary N) is 1. The first-order valence-electron chi connectivity index (χ1n) is 5.42. The van der Waals surface area contributed by atoms with Gasteiger partial charge in [0.15, 0.2) is 0 Å². The van der Waals surface area contributed by atoms with Crippen LogP contribution >= 0.6 is 39.3 Å². The lowest BCUT2D eigenvalue weighted by atomic mass is 10.2. The number of pyridine rings is 1. The van der Waals surface area contributed by atoms with E-state index in [4.69, 9.17) is 11.6 Å². The van der Waals surface area contributed by atoms with E-state index in [9.17, 15) is 0 Å². The van der Waals surface area contributed by atoms with Gasteiger partial charge in [-0.05, 0) is 40.6 Å². The van der Waals surface area contributed by atoms with Crippen molar-refractivity contribution >= 4 is 45.1 Å². The molecule has 1 fully saturated rings. The average molecular weight is 322 g/mol. The first-order valence-corrected chi connectivity index (χ1v) is 7.64. The van der Waals surface area contributed by atoms with E-state index in [0.717, 1.165) is 22.1 Å². The maximum atomic E-state index is 5.84. The van der Waals surface area contributed by atoms with E-state index in [0.29, 0.717) is 5.02 Å². The lowest BCUT2D eigenvalue weighted by Crippen LogP contribution is -2.20. The van der Waals surface area contributed by atoms with Crippen LogP contribution in [0.3, 0.4) is 0 Å². The molecule has 0 radical (unpaired) electrons. The molecule has 88 valence electrons. The third kappa shape index (κ3) is 3.54. The summed E-state index contributed by atoms with van der Waals surface area (Å²) in [4.78, 5) is 4.26. The van der Waals surface area contributed by atoms with Crippen LogP contribution in [0.25, 0.3) is 0 Å². The summed E-state index contributed by atoms with van der Waals surface area (Å²) in [7, 11) is 0. The van der Waals surface area contributed by atoms with Gasteiger partial charge in [0.1, 0.15) is 5.82 Å². The quantitative estimate of drug-likeness (QED) is 0.903. The van der Waals surface area contributed by atoms with E-state index < -0.39 is 0 Å². The zero-order valence-electron chi connectivity index (χ0n) is 8.88. The van der Waals surface area contributed by atoms with Gasteiger partial charge in [0, 0.05) is 18.0 Å². The van der Waals surface area contributed by atoms with E-state index >= 15 is 0 Å². The second kappa shape index (κ2) is 6.12. The summed E-state index contributed by atoms with van der Waals surface area (Å²) >= 11 is 11.4. The highest BCUT2D eigenvalue weighted by atomic mass is 79.9. The zero-order valence-corrected chi connectivity index (χ0v) is 12.0. The molecule has 2 nitrogen and oxygen atoms in total. The SMILES string of the molecule is Clc1cnc(NCC2CCCCS2)c(Br)c1. The van der Waals surface area contributed by atoms with Gasteiger partial charge in [-0.25, -0.2) is 4.98 Å². The molecule has 0 saturated carbocycles. The third-order valence-corrected chi connectivity index (χ3v) is 4.79. The normalized spacial score (nSPS) is 20.8. The van der Waals surface area contributed by atoms with Crippen molar-refractivity contribution < 1.29 is 0 Å². The molecule has 1 aliphatic rings. The fraction of sp³-hybridized carbons (Fsp3) is 0.545. The van der Waals surface area contributed by atoms with Gasteiger partial charge in [-0.3, -0.25) is 0 Å². The lowest BCUT2D eigenvalue weighted by molar-refractivity contribution is 0.677. The highest BCUT2D eigenvalue weighted by molar-refractivity contribution is 9.10. The smallest absolute Gasteiger partial charge is 0.140 e. The number of anilines is 1. The molecule has 0 spiro atoms. The highest BCUT2D eigenvalue weighted by Gasteiger charge is 2.14. The van der Waals surface area contributed by atoms with Crippen molar-refractivity contribution in [3.8, 4) is 0 Å². The van der Waals surface area contributed by atoms with E-state index in [1.807, 2.05) is 6.07 Å². The second-order valence-electron chi connectivity index (χ2n) is 3.85. The first-order chi connectivity index (χ1) is 7.75. The molecular formula is C11H14BrClN2S. The molecular weight excluding hydrogens is 308 g/mol. The molecule has 0 aromatic carbocycles. The molecule has 1 aromatic heterocycles. The molecule has 16 heavy (non-hydrogen) atoms. The Morgan fingerprint density at radius 2 is 2.44 bits per heavy atom. The van der Waals surface area contributed by atoms with E-state index in [1.54, 1.807) is 6.20 Å². The maximum Gasteiger partial charge on any atom is 0.140 e. The van der Waals surface area contributed by atoms with Gasteiger partial charge in [0.2, 0.25) is 0 Å². The molecule has 0 aliphatic carbocycles. The molecule has 2 heterocycles. The topological polar surface area (TPSA) is 24.9 Å². The van der Waals surface area contributed by atoms with Crippen LogP contribution in [-0.2, 0) is 0 Å². The van der Waals surface area contributed by atoms with Crippen molar-refractivity contribution in [3.63, 3.8) is 0 Å². The largest absolute Gasteiger partial charge is 0.368 e. The summed E-state index contributed by atoms with van der Waals surface area (Å²) < 4.78 is 0.931. The Labute approximate surface area is 114 Å². The Balaban J connectivity index is 1.88. The maximum absolute atomic E-state index is 5.84. The standard InChI is InChI=1S/C11H14BrClN2S/c12-10-5-8(13)6-14-11(10)15-7-9-3-1-2-4-16-9/h5-6,9H,1-4,7H2,(H,14,15). The molecule has 1 aliphatic heterocycles.